The molecule has 0 saturated carbocycles. The molecule has 1 heterocycles. The molecule has 0 spiro atoms. The number of amides is 1. The monoisotopic (exact) mass is 274 g/mol. The van der Waals surface area contributed by atoms with E-state index in [1.165, 1.54) is 0 Å². The molecule has 1 aromatic heterocycles. The van der Waals surface area contributed by atoms with Gasteiger partial charge in [0.1, 0.15) is 0 Å². The second-order valence-corrected chi connectivity index (χ2v) is 4.95. The lowest BCUT2D eigenvalue weighted by molar-refractivity contribution is -0.118. The fourth-order valence-corrected chi connectivity index (χ4v) is 1.71. The van der Waals surface area contributed by atoms with Crippen molar-refractivity contribution in [1.82, 2.24) is 20.2 Å². The van der Waals surface area contributed by atoms with E-state index in [0.29, 0.717) is 11.5 Å². The SMILES string of the molecule is Cc1nnnn1-c1cccc(NC(=O)[C@@H](N)C(C)C)c1. The number of benzene rings is 1. The summed E-state index contributed by atoms with van der Waals surface area (Å²) in [6, 6.07) is 6.75. The predicted octanol–water partition coefficient (Wildman–Crippen LogP) is 0.893. The standard InChI is InChI=1S/C13H18N6O/c1-8(2)12(14)13(20)15-10-5-4-6-11(7-10)19-9(3)16-17-18-19/h4-8,12H,14H2,1-3H3,(H,15,20)/t12-/m0/s1. The summed E-state index contributed by atoms with van der Waals surface area (Å²) in [6.45, 7) is 5.62. The number of tetrazole rings is 1. The number of rotatable bonds is 4. The molecule has 0 fully saturated rings. The molecule has 20 heavy (non-hydrogen) atoms. The van der Waals surface area contributed by atoms with Crippen LogP contribution in [0.3, 0.4) is 0 Å². The first-order valence-corrected chi connectivity index (χ1v) is 6.41. The molecular formula is C13H18N6O. The summed E-state index contributed by atoms with van der Waals surface area (Å²) >= 11 is 0. The molecule has 2 aromatic rings. The Morgan fingerprint density at radius 3 is 2.75 bits per heavy atom. The summed E-state index contributed by atoms with van der Waals surface area (Å²) < 4.78 is 1.60. The van der Waals surface area contributed by atoms with Gasteiger partial charge in [0.15, 0.2) is 5.82 Å². The van der Waals surface area contributed by atoms with Gasteiger partial charge < -0.3 is 11.1 Å². The van der Waals surface area contributed by atoms with Crippen LogP contribution in [-0.4, -0.2) is 32.2 Å². The summed E-state index contributed by atoms with van der Waals surface area (Å²) in [5.74, 6) is 0.554. The highest BCUT2D eigenvalue weighted by Crippen LogP contribution is 2.15. The number of aryl methyl sites for hydroxylation is 1. The highest BCUT2D eigenvalue weighted by atomic mass is 16.2. The number of anilines is 1. The van der Waals surface area contributed by atoms with Crippen LogP contribution in [0.25, 0.3) is 5.69 Å². The normalized spacial score (nSPS) is 12.4. The molecule has 7 nitrogen and oxygen atoms in total. The number of aromatic nitrogens is 4. The Hall–Kier alpha value is -2.28. The average Bonchev–Trinajstić information content (AvgIpc) is 2.84. The van der Waals surface area contributed by atoms with Crippen LogP contribution in [0.4, 0.5) is 5.69 Å². The predicted molar refractivity (Wildman–Crippen MR) is 75.3 cm³/mol. The van der Waals surface area contributed by atoms with Crippen LogP contribution in [0.15, 0.2) is 24.3 Å². The number of nitrogens with zero attached hydrogens (tertiary/aromatic N) is 4. The first kappa shape index (κ1) is 14.1. The summed E-state index contributed by atoms with van der Waals surface area (Å²) in [7, 11) is 0. The average molecular weight is 274 g/mol. The second-order valence-electron chi connectivity index (χ2n) is 4.95. The zero-order valence-electron chi connectivity index (χ0n) is 11.7. The van der Waals surface area contributed by atoms with E-state index in [0.717, 1.165) is 5.69 Å². The Kier molecular flexibility index (Phi) is 4.09. The third kappa shape index (κ3) is 3.00. The zero-order chi connectivity index (χ0) is 14.7. The van der Waals surface area contributed by atoms with Gasteiger partial charge in [0.05, 0.1) is 11.7 Å². The van der Waals surface area contributed by atoms with E-state index in [1.54, 1.807) is 23.7 Å². The largest absolute Gasteiger partial charge is 0.325 e. The van der Waals surface area contributed by atoms with E-state index >= 15 is 0 Å². The first-order valence-electron chi connectivity index (χ1n) is 6.41. The van der Waals surface area contributed by atoms with E-state index in [-0.39, 0.29) is 11.8 Å². The maximum atomic E-state index is 11.9. The van der Waals surface area contributed by atoms with Crippen molar-refractivity contribution < 1.29 is 4.79 Å². The molecule has 7 heteroatoms. The summed E-state index contributed by atoms with van der Waals surface area (Å²) in [5.41, 5.74) is 7.26. The van der Waals surface area contributed by atoms with Gasteiger partial charge in [-0.3, -0.25) is 4.79 Å². The van der Waals surface area contributed by atoms with Crippen LogP contribution in [0.2, 0.25) is 0 Å². The number of hydrogen-bond acceptors (Lipinski definition) is 5. The Labute approximate surface area is 117 Å². The third-order valence-corrected chi connectivity index (χ3v) is 3.00. The van der Waals surface area contributed by atoms with Gasteiger partial charge in [-0.15, -0.1) is 5.10 Å². The molecule has 0 unspecified atom stereocenters. The van der Waals surface area contributed by atoms with Crippen LogP contribution >= 0.6 is 0 Å². The number of carbonyl (C=O) groups is 1. The van der Waals surface area contributed by atoms with Crippen LogP contribution in [-0.2, 0) is 4.79 Å². The molecule has 0 bridgehead atoms. The molecule has 0 aliphatic rings. The van der Waals surface area contributed by atoms with Crippen LogP contribution in [0.5, 0.6) is 0 Å². The molecule has 0 aliphatic carbocycles. The van der Waals surface area contributed by atoms with E-state index in [1.807, 2.05) is 26.0 Å². The van der Waals surface area contributed by atoms with Crippen LogP contribution in [0.1, 0.15) is 19.7 Å². The van der Waals surface area contributed by atoms with Gasteiger partial charge in [0.25, 0.3) is 0 Å². The van der Waals surface area contributed by atoms with Gasteiger partial charge in [-0.1, -0.05) is 19.9 Å². The smallest absolute Gasteiger partial charge is 0.241 e. The zero-order valence-corrected chi connectivity index (χ0v) is 11.7. The summed E-state index contributed by atoms with van der Waals surface area (Å²) in [4.78, 5) is 11.9. The lowest BCUT2D eigenvalue weighted by atomic mass is 10.0. The molecule has 1 amide bonds. The van der Waals surface area contributed by atoms with Gasteiger partial charge >= 0.3 is 0 Å². The number of nitrogens with one attached hydrogen (secondary N) is 1. The minimum Gasteiger partial charge on any atom is -0.325 e. The lowest BCUT2D eigenvalue weighted by Gasteiger charge is -2.15. The van der Waals surface area contributed by atoms with Gasteiger partial charge in [-0.05, 0) is 41.5 Å². The van der Waals surface area contributed by atoms with E-state index < -0.39 is 6.04 Å². The maximum absolute atomic E-state index is 11.9. The van der Waals surface area contributed by atoms with E-state index in [2.05, 4.69) is 20.8 Å². The first-order chi connectivity index (χ1) is 9.49. The van der Waals surface area contributed by atoms with Gasteiger partial charge in [0.2, 0.25) is 5.91 Å². The molecule has 2 rings (SSSR count). The summed E-state index contributed by atoms with van der Waals surface area (Å²) in [5, 5.41) is 14.1. The van der Waals surface area contributed by atoms with Crippen molar-refractivity contribution in [3.63, 3.8) is 0 Å². The Morgan fingerprint density at radius 1 is 1.40 bits per heavy atom. The van der Waals surface area contributed by atoms with Gasteiger partial charge in [-0.2, -0.15) is 4.68 Å². The lowest BCUT2D eigenvalue weighted by Crippen LogP contribution is -2.39. The van der Waals surface area contributed by atoms with Crippen LogP contribution in [0, 0.1) is 12.8 Å². The highest BCUT2D eigenvalue weighted by Gasteiger charge is 2.17. The molecule has 3 N–H and O–H groups in total. The van der Waals surface area contributed by atoms with Crippen molar-refractivity contribution in [2.45, 2.75) is 26.8 Å². The van der Waals surface area contributed by atoms with E-state index in [4.69, 9.17) is 5.73 Å². The maximum Gasteiger partial charge on any atom is 0.241 e. The summed E-state index contributed by atoms with van der Waals surface area (Å²) in [6.07, 6.45) is 0. The minimum atomic E-state index is -0.534. The second kappa shape index (κ2) is 5.79. The molecule has 0 saturated heterocycles. The quantitative estimate of drug-likeness (QED) is 0.862. The molecular weight excluding hydrogens is 256 g/mol. The minimum absolute atomic E-state index is 0.0833. The van der Waals surface area contributed by atoms with E-state index in [9.17, 15) is 4.79 Å². The molecule has 106 valence electrons. The molecule has 0 aliphatic heterocycles. The molecule has 1 atom stereocenters. The van der Waals surface area contributed by atoms with Crippen molar-refractivity contribution in [2.75, 3.05) is 5.32 Å². The number of nitrogens with two attached hydrogens (primary N) is 1. The fourth-order valence-electron chi connectivity index (χ4n) is 1.71. The van der Waals surface area contributed by atoms with Crippen molar-refractivity contribution in [3.05, 3.63) is 30.1 Å². The Balaban J connectivity index is 2.19. The number of hydrogen-bond donors (Lipinski definition) is 2. The Bertz CT molecular complexity index is 606. The van der Waals surface area contributed by atoms with Crippen molar-refractivity contribution in [2.24, 2.45) is 11.7 Å². The van der Waals surface area contributed by atoms with Crippen LogP contribution < -0.4 is 11.1 Å². The van der Waals surface area contributed by atoms with Crippen molar-refractivity contribution in [1.29, 1.82) is 0 Å². The van der Waals surface area contributed by atoms with Crippen molar-refractivity contribution in [3.8, 4) is 5.69 Å². The van der Waals surface area contributed by atoms with Gasteiger partial charge in [-0.25, -0.2) is 0 Å². The molecule has 0 radical (unpaired) electrons. The van der Waals surface area contributed by atoms with Gasteiger partial charge in [0, 0.05) is 5.69 Å². The topological polar surface area (TPSA) is 98.7 Å². The van der Waals surface area contributed by atoms with Crippen molar-refractivity contribution >= 4 is 11.6 Å². The molecule has 1 aromatic carbocycles. The third-order valence-electron chi connectivity index (χ3n) is 3.00. The Morgan fingerprint density at radius 2 is 2.15 bits per heavy atom. The fraction of sp³-hybridized carbons (Fsp3) is 0.385. The number of carbonyl (C=O) groups excluding carboxylic acids is 1. The highest BCUT2D eigenvalue weighted by molar-refractivity contribution is 5.95.